The lowest BCUT2D eigenvalue weighted by molar-refractivity contribution is 0.103. The number of H-pyrrole nitrogens is 1. The topological polar surface area (TPSA) is 45.8 Å². The van der Waals surface area contributed by atoms with Crippen LogP contribution in [0.5, 0.6) is 0 Å². The van der Waals surface area contributed by atoms with Gasteiger partial charge in [0, 0.05) is 12.4 Å². The van der Waals surface area contributed by atoms with Gasteiger partial charge < -0.3 is 4.98 Å². The molecule has 1 aliphatic carbocycles. The Bertz CT molecular complexity index is 784. The van der Waals surface area contributed by atoms with Gasteiger partial charge in [-0.25, -0.2) is 4.98 Å². The molecular weight excluding hydrogens is 320 g/mol. The van der Waals surface area contributed by atoms with Gasteiger partial charge in [-0.3, -0.25) is 4.79 Å². The van der Waals surface area contributed by atoms with Gasteiger partial charge in [-0.05, 0) is 62.7 Å². The number of hydrogen-bond acceptors (Lipinski definition) is 2. The highest BCUT2D eigenvalue weighted by Gasteiger charge is 2.26. The van der Waals surface area contributed by atoms with Gasteiger partial charge in [-0.15, -0.1) is 0 Å². The lowest BCUT2D eigenvalue weighted by Crippen LogP contribution is -2.19. The van der Waals surface area contributed by atoms with E-state index in [0.29, 0.717) is 5.82 Å². The van der Waals surface area contributed by atoms with Gasteiger partial charge in [0.2, 0.25) is 5.78 Å². The van der Waals surface area contributed by atoms with Crippen LogP contribution >= 0.6 is 0 Å². The zero-order valence-electron chi connectivity index (χ0n) is 16.6. The molecule has 2 rings (SSSR count). The maximum Gasteiger partial charge on any atom is 0.221 e. The monoisotopic (exact) mass is 350 g/mol. The van der Waals surface area contributed by atoms with Crippen molar-refractivity contribution in [2.45, 2.75) is 53.9 Å². The Kier molecular flexibility index (Phi) is 6.73. The van der Waals surface area contributed by atoms with E-state index in [0.717, 1.165) is 5.57 Å². The standard InChI is InChI=1S/C23H30N2O/c1-17(11-12-20-19(3)10-7-13-23(20,4)5)8-6-9-18(2)16-21(26)22-24-14-15-25-22/h6,8-9,11-12,14-16H,7,10,13H2,1-5H3,(H,24,25). The molecule has 0 saturated heterocycles. The molecule has 0 fully saturated rings. The van der Waals surface area contributed by atoms with Crippen LogP contribution < -0.4 is 0 Å². The van der Waals surface area contributed by atoms with Crippen molar-refractivity contribution in [3.8, 4) is 0 Å². The molecule has 0 atom stereocenters. The van der Waals surface area contributed by atoms with E-state index >= 15 is 0 Å². The van der Waals surface area contributed by atoms with Crippen LogP contribution in [0.4, 0.5) is 0 Å². The molecule has 3 nitrogen and oxygen atoms in total. The molecule has 0 bridgehead atoms. The average molecular weight is 351 g/mol. The number of nitrogens with one attached hydrogen (secondary N) is 1. The van der Waals surface area contributed by atoms with Crippen LogP contribution in [0.2, 0.25) is 0 Å². The summed E-state index contributed by atoms with van der Waals surface area (Å²) >= 11 is 0. The summed E-state index contributed by atoms with van der Waals surface area (Å²) in [6, 6.07) is 0. The first-order valence-corrected chi connectivity index (χ1v) is 9.25. The summed E-state index contributed by atoms with van der Waals surface area (Å²) in [5, 5.41) is 0. The maximum absolute atomic E-state index is 11.9. The molecule has 0 aromatic carbocycles. The van der Waals surface area contributed by atoms with E-state index in [1.807, 2.05) is 19.1 Å². The Balaban J connectivity index is 2.01. The SMILES string of the molecule is CC(C=CC1=C(C)CCCC1(C)C)=CC=CC(C)=CC(=O)c1ncc[nH]1. The molecule has 138 valence electrons. The van der Waals surface area contributed by atoms with Gasteiger partial charge in [0.15, 0.2) is 5.82 Å². The van der Waals surface area contributed by atoms with E-state index < -0.39 is 0 Å². The summed E-state index contributed by atoms with van der Waals surface area (Å²) in [6.07, 6.45) is 19.0. The van der Waals surface area contributed by atoms with Gasteiger partial charge in [-0.2, -0.15) is 0 Å². The lowest BCUT2D eigenvalue weighted by Gasteiger charge is -2.32. The largest absolute Gasteiger partial charge is 0.342 e. The summed E-state index contributed by atoms with van der Waals surface area (Å²) in [5.41, 5.74) is 5.33. The fraction of sp³-hybridized carbons (Fsp3) is 0.391. The van der Waals surface area contributed by atoms with E-state index in [4.69, 9.17) is 0 Å². The van der Waals surface area contributed by atoms with Crippen molar-refractivity contribution in [2.75, 3.05) is 0 Å². The first kappa shape index (κ1) is 19.9. The van der Waals surface area contributed by atoms with E-state index in [9.17, 15) is 4.79 Å². The first-order valence-electron chi connectivity index (χ1n) is 9.25. The number of ketones is 1. The summed E-state index contributed by atoms with van der Waals surface area (Å²) < 4.78 is 0. The molecule has 1 aliphatic rings. The molecule has 0 amide bonds. The van der Waals surface area contributed by atoms with Crippen molar-refractivity contribution in [1.82, 2.24) is 9.97 Å². The average Bonchev–Trinajstić information content (AvgIpc) is 3.08. The second-order valence-corrected chi connectivity index (χ2v) is 7.72. The summed E-state index contributed by atoms with van der Waals surface area (Å²) in [6.45, 7) is 10.9. The van der Waals surface area contributed by atoms with Crippen LogP contribution in [0.1, 0.15) is 64.5 Å². The van der Waals surface area contributed by atoms with Gasteiger partial charge in [0.25, 0.3) is 0 Å². The number of hydrogen-bond donors (Lipinski definition) is 1. The molecule has 0 unspecified atom stereocenters. The first-order chi connectivity index (χ1) is 12.3. The van der Waals surface area contributed by atoms with E-state index in [-0.39, 0.29) is 11.2 Å². The highest BCUT2D eigenvalue weighted by atomic mass is 16.1. The van der Waals surface area contributed by atoms with Gasteiger partial charge in [0.05, 0.1) is 0 Å². The smallest absolute Gasteiger partial charge is 0.221 e. The summed E-state index contributed by atoms with van der Waals surface area (Å²) in [7, 11) is 0. The minimum Gasteiger partial charge on any atom is -0.342 e. The third kappa shape index (κ3) is 5.55. The number of allylic oxidation sites excluding steroid dienone is 10. The van der Waals surface area contributed by atoms with Gasteiger partial charge in [-0.1, -0.05) is 55.4 Å². The molecule has 1 N–H and O–H groups in total. The number of nitrogens with zero attached hydrogens (tertiary/aromatic N) is 1. The Morgan fingerprint density at radius 3 is 2.65 bits per heavy atom. The molecule has 0 spiro atoms. The summed E-state index contributed by atoms with van der Waals surface area (Å²) in [4.78, 5) is 18.7. The summed E-state index contributed by atoms with van der Waals surface area (Å²) in [5.74, 6) is 0.255. The second kappa shape index (κ2) is 8.79. The predicted octanol–water partition coefficient (Wildman–Crippen LogP) is 6.12. The number of carbonyl (C=O) groups excluding carboxylic acids is 1. The molecule has 3 heteroatoms. The molecule has 0 radical (unpaired) electrons. The van der Waals surface area contributed by atoms with Crippen LogP contribution in [0, 0.1) is 5.41 Å². The number of rotatable bonds is 6. The van der Waals surface area contributed by atoms with E-state index in [1.54, 1.807) is 18.5 Å². The van der Waals surface area contributed by atoms with Crippen molar-refractivity contribution < 1.29 is 4.79 Å². The molecular formula is C23H30N2O. The fourth-order valence-corrected chi connectivity index (χ4v) is 3.36. The zero-order valence-corrected chi connectivity index (χ0v) is 16.6. The Morgan fingerprint density at radius 1 is 1.23 bits per heavy atom. The fourth-order valence-electron chi connectivity index (χ4n) is 3.36. The van der Waals surface area contributed by atoms with Crippen molar-refractivity contribution in [3.63, 3.8) is 0 Å². The van der Waals surface area contributed by atoms with Crippen molar-refractivity contribution in [2.24, 2.45) is 5.41 Å². The van der Waals surface area contributed by atoms with Crippen LogP contribution in [-0.2, 0) is 0 Å². The maximum atomic E-state index is 11.9. The predicted molar refractivity (Wildman–Crippen MR) is 109 cm³/mol. The van der Waals surface area contributed by atoms with E-state index in [1.165, 1.54) is 36.0 Å². The molecule has 1 aromatic rings. The van der Waals surface area contributed by atoms with Crippen molar-refractivity contribution in [3.05, 3.63) is 77.0 Å². The van der Waals surface area contributed by atoms with Crippen LogP contribution in [0.25, 0.3) is 0 Å². The van der Waals surface area contributed by atoms with Crippen LogP contribution in [-0.4, -0.2) is 15.8 Å². The van der Waals surface area contributed by atoms with Crippen molar-refractivity contribution >= 4 is 5.78 Å². The third-order valence-corrected chi connectivity index (χ3v) is 4.86. The molecule has 0 aliphatic heterocycles. The number of imidazole rings is 1. The highest BCUT2D eigenvalue weighted by molar-refractivity contribution is 6.02. The zero-order chi connectivity index (χ0) is 19.2. The van der Waals surface area contributed by atoms with Gasteiger partial charge >= 0.3 is 0 Å². The number of aromatic nitrogens is 2. The molecule has 0 saturated carbocycles. The quantitative estimate of drug-likeness (QED) is 0.381. The Morgan fingerprint density at radius 2 is 2.00 bits per heavy atom. The molecule has 26 heavy (non-hydrogen) atoms. The molecule has 1 aromatic heterocycles. The van der Waals surface area contributed by atoms with Crippen LogP contribution in [0.3, 0.4) is 0 Å². The Labute approximate surface area is 157 Å². The van der Waals surface area contributed by atoms with Crippen LogP contribution in [0.15, 0.2) is 71.1 Å². The number of carbonyl (C=O) groups is 1. The molecule has 1 heterocycles. The third-order valence-electron chi connectivity index (χ3n) is 4.86. The second-order valence-electron chi connectivity index (χ2n) is 7.72. The van der Waals surface area contributed by atoms with E-state index in [2.05, 4.69) is 55.9 Å². The lowest BCUT2D eigenvalue weighted by atomic mass is 9.72. The minimum absolute atomic E-state index is 0.111. The normalized spacial score (nSPS) is 19.0. The highest BCUT2D eigenvalue weighted by Crippen LogP contribution is 2.40. The number of aromatic amines is 1. The minimum atomic E-state index is -0.111. The Hall–Kier alpha value is -2.42. The van der Waals surface area contributed by atoms with Crippen molar-refractivity contribution in [1.29, 1.82) is 0 Å². The van der Waals surface area contributed by atoms with Gasteiger partial charge in [0.1, 0.15) is 0 Å².